The van der Waals surface area contributed by atoms with Crippen molar-refractivity contribution in [2.75, 3.05) is 17.2 Å². The molecule has 0 bridgehead atoms. The molecule has 28 heavy (non-hydrogen) atoms. The molecule has 5 rings (SSSR count). The van der Waals surface area contributed by atoms with Gasteiger partial charge in [-0.25, -0.2) is 15.0 Å². The lowest BCUT2D eigenvalue weighted by molar-refractivity contribution is 0.717. The molecule has 0 saturated carbocycles. The number of thiazole rings is 1. The molecule has 2 aromatic heterocycles. The summed E-state index contributed by atoms with van der Waals surface area (Å²) >= 11 is 3.10. The van der Waals surface area contributed by atoms with Crippen LogP contribution in [0.2, 0.25) is 0 Å². The second-order valence-corrected chi connectivity index (χ2v) is 8.72. The zero-order chi connectivity index (χ0) is 18.9. The number of anilines is 2. The molecule has 2 N–H and O–H groups in total. The van der Waals surface area contributed by atoms with Crippen LogP contribution in [-0.4, -0.2) is 21.5 Å². The van der Waals surface area contributed by atoms with Crippen LogP contribution in [0.4, 0.5) is 10.9 Å². The molecule has 0 spiro atoms. The van der Waals surface area contributed by atoms with Gasteiger partial charge < -0.3 is 10.6 Å². The van der Waals surface area contributed by atoms with Gasteiger partial charge in [-0.1, -0.05) is 77.7 Å². The van der Waals surface area contributed by atoms with E-state index in [0.717, 1.165) is 40.9 Å². The van der Waals surface area contributed by atoms with Crippen LogP contribution in [0, 0.1) is 0 Å². The molecule has 1 aliphatic heterocycles. The fourth-order valence-electron chi connectivity index (χ4n) is 3.48. The molecule has 0 amide bonds. The lowest BCUT2D eigenvalue weighted by atomic mass is 10.00. The highest BCUT2D eigenvalue weighted by molar-refractivity contribution is 7.98. The number of nitrogens with zero attached hydrogens (tertiary/aromatic N) is 4. The monoisotopic (exact) mass is 405 g/mol. The van der Waals surface area contributed by atoms with Crippen molar-refractivity contribution in [3.05, 3.63) is 71.3 Å². The highest BCUT2D eigenvalue weighted by Crippen LogP contribution is 2.35. The number of nitrogens with two attached hydrogens (primary N) is 1. The van der Waals surface area contributed by atoms with E-state index in [2.05, 4.69) is 63.4 Å². The SMILES string of the molecule is Nc1nc2nc(SCc3ccccc3)nc(N3CCc4ccccc4C3)c2s1. The third-order valence-electron chi connectivity index (χ3n) is 4.87. The summed E-state index contributed by atoms with van der Waals surface area (Å²) in [5.74, 6) is 1.78. The van der Waals surface area contributed by atoms with E-state index in [1.807, 2.05) is 6.07 Å². The molecular formula is C21H19N5S2. The number of hydrogen-bond donors (Lipinski definition) is 1. The Morgan fingerprint density at radius 2 is 1.75 bits per heavy atom. The minimum absolute atomic E-state index is 0.535. The van der Waals surface area contributed by atoms with Crippen molar-refractivity contribution in [3.63, 3.8) is 0 Å². The topological polar surface area (TPSA) is 67.9 Å². The first-order valence-corrected chi connectivity index (χ1v) is 11.0. The Morgan fingerprint density at radius 3 is 2.61 bits per heavy atom. The highest BCUT2D eigenvalue weighted by atomic mass is 32.2. The van der Waals surface area contributed by atoms with Crippen LogP contribution in [0.3, 0.4) is 0 Å². The van der Waals surface area contributed by atoms with E-state index in [-0.39, 0.29) is 0 Å². The van der Waals surface area contributed by atoms with Crippen molar-refractivity contribution >= 4 is 44.4 Å². The third-order valence-corrected chi connectivity index (χ3v) is 6.66. The van der Waals surface area contributed by atoms with Gasteiger partial charge >= 0.3 is 0 Å². The molecule has 140 valence electrons. The summed E-state index contributed by atoms with van der Waals surface area (Å²) in [4.78, 5) is 16.3. The van der Waals surface area contributed by atoms with Gasteiger partial charge in [0.05, 0.1) is 0 Å². The zero-order valence-corrected chi connectivity index (χ0v) is 16.8. The summed E-state index contributed by atoms with van der Waals surface area (Å²) in [7, 11) is 0. The summed E-state index contributed by atoms with van der Waals surface area (Å²) in [6.45, 7) is 1.78. The second kappa shape index (κ2) is 7.41. The van der Waals surface area contributed by atoms with Gasteiger partial charge in [-0.05, 0) is 23.1 Å². The first-order chi connectivity index (χ1) is 13.8. The number of benzene rings is 2. The standard InChI is InChI=1S/C21H19N5S2/c22-20-23-18-17(28-20)19(26-11-10-15-8-4-5-9-16(15)12-26)25-21(24-18)27-13-14-6-2-1-3-7-14/h1-9H,10-13H2,(H2,22,23,24,25). The van der Waals surface area contributed by atoms with Crippen LogP contribution < -0.4 is 10.6 Å². The normalized spacial score (nSPS) is 13.6. The van der Waals surface area contributed by atoms with Gasteiger partial charge in [-0.2, -0.15) is 0 Å². The van der Waals surface area contributed by atoms with Crippen LogP contribution >= 0.6 is 23.1 Å². The minimum Gasteiger partial charge on any atom is -0.375 e. The molecule has 0 fully saturated rings. The number of nitrogen functional groups attached to an aromatic ring is 1. The first kappa shape index (κ1) is 17.5. The Balaban J connectivity index is 1.49. The average molecular weight is 406 g/mol. The van der Waals surface area contributed by atoms with Crippen molar-refractivity contribution in [2.45, 2.75) is 23.9 Å². The zero-order valence-electron chi connectivity index (χ0n) is 15.2. The molecule has 0 saturated heterocycles. The van der Waals surface area contributed by atoms with E-state index in [1.165, 1.54) is 28.0 Å². The van der Waals surface area contributed by atoms with Crippen LogP contribution in [-0.2, 0) is 18.7 Å². The molecule has 2 aromatic carbocycles. The summed E-state index contributed by atoms with van der Waals surface area (Å²) in [6.07, 6.45) is 1.02. The molecule has 4 aromatic rings. The lowest BCUT2D eigenvalue weighted by Gasteiger charge is -2.30. The molecule has 7 heteroatoms. The van der Waals surface area contributed by atoms with Crippen molar-refractivity contribution in [3.8, 4) is 0 Å². The largest absolute Gasteiger partial charge is 0.375 e. The van der Waals surface area contributed by atoms with Gasteiger partial charge in [0.2, 0.25) is 0 Å². The third kappa shape index (κ3) is 3.43. The molecule has 1 aliphatic rings. The Bertz CT molecular complexity index is 1130. The van der Waals surface area contributed by atoms with E-state index >= 15 is 0 Å². The molecule has 0 atom stereocenters. The number of fused-ring (bicyclic) bond motifs is 2. The molecule has 5 nitrogen and oxygen atoms in total. The van der Waals surface area contributed by atoms with E-state index < -0.39 is 0 Å². The predicted octanol–water partition coefficient (Wildman–Crippen LogP) is 4.52. The number of hydrogen-bond acceptors (Lipinski definition) is 7. The summed E-state index contributed by atoms with van der Waals surface area (Å²) < 4.78 is 0.973. The van der Waals surface area contributed by atoms with E-state index in [0.29, 0.717) is 10.8 Å². The second-order valence-electron chi connectivity index (χ2n) is 6.75. The maximum atomic E-state index is 5.99. The highest BCUT2D eigenvalue weighted by Gasteiger charge is 2.22. The summed E-state index contributed by atoms with van der Waals surface area (Å²) in [5, 5.41) is 1.28. The van der Waals surface area contributed by atoms with E-state index in [4.69, 9.17) is 10.7 Å². The van der Waals surface area contributed by atoms with Crippen molar-refractivity contribution < 1.29 is 0 Å². The first-order valence-electron chi connectivity index (χ1n) is 9.19. The van der Waals surface area contributed by atoms with E-state index in [9.17, 15) is 0 Å². The van der Waals surface area contributed by atoms with Crippen molar-refractivity contribution in [1.29, 1.82) is 0 Å². The fourth-order valence-corrected chi connectivity index (χ4v) is 5.06. The van der Waals surface area contributed by atoms with Gasteiger partial charge in [0.1, 0.15) is 4.70 Å². The van der Waals surface area contributed by atoms with Gasteiger partial charge in [0.25, 0.3) is 0 Å². The molecular weight excluding hydrogens is 386 g/mol. The summed E-state index contributed by atoms with van der Waals surface area (Å²) in [5.41, 5.74) is 10.7. The molecule has 0 radical (unpaired) electrons. The minimum atomic E-state index is 0.535. The summed E-state index contributed by atoms with van der Waals surface area (Å²) in [6, 6.07) is 19.0. The quantitative estimate of drug-likeness (QED) is 0.398. The Kier molecular flexibility index (Phi) is 4.62. The smallest absolute Gasteiger partial charge is 0.191 e. The van der Waals surface area contributed by atoms with Crippen LogP contribution in [0.1, 0.15) is 16.7 Å². The maximum Gasteiger partial charge on any atom is 0.191 e. The number of thioether (sulfide) groups is 1. The number of aromatic nitrogens is 3. The maximum absolute atomic E-state index is 5.99. The predicted molar refractivity (Wildman–Crippen MR) is 117 cm³/mol. The Hall–Kier alpha value is -2.64. The van der Waals surface area contributed by atoms with Crippen LogP contribution in [0.15, 0.2) is 59.8 Å². The average Bonchev–Trinajstić information content (AvgIpc) is 3.12. The van der Waals surface area contributed by atoms with Gasteiger partial charge in [-0.15, -0.1) is 0 Å². The molecule has 3 heterocycles. The van der Waals surface area contributed by atoms with Crippen LogP contribution in [0.25, 0.3) is 10.3 Å². The van der Waals surface area contributed by atoms with Gasteiger partial charge in [0.15, 0.2) is 21.8 Å². The van der Waals surface area contributed by atoms with Crippen LogP contribution in [0.5, 0.6) is 0 Å². The Morgan fingerprint density at radius 1 is 0.964 bits per heavy atom. The lowest BCUT2D eigenvalue weighted by Crippen LogP contribution is -2.31. The van der Waals surface area contributed by atoms with Gasteiger partial charge in [-0.3, -0.25) is 0 Å². The van der Waals surface area contributed by atoms with E-state index in [1.54, 1.807) is 11.8 Å². The van der Waals surface area contributed by atoms with Crippen molar-refractivity contribution in [1.82, 2.24) is 15.0 Å². The van der Waals surface area contributed by atoms with Crippen molar-refractivity contribution in [2.24, 2.45) is 0 Å². The molecule has 0 aliphatic carbocycles. The number of rotatable bonds is 4. The fraction of sp³-hybridized carbons (Fsp3) is 0.190. The van der Waals surface area contributed by atoms with Gasteiger partial charge in [0, 0.05) is 18.8 Å². The Labute approximate surface area is 171 Å². The molecule has 0 unspecified atom stereocenters.